The first-order chi connectivity index (χ1) is 8.31. The van der Waals surface area contributed by atoms with Crippen LogP contribution in [0.2, 0.25) is 0 Å². The third kappa shape index (κ3) is 3.23. The molecular formula is C13H22N4. The first-order valence-corrected chi connectivity index (χ1v) is 6.46. The molecule has 2 atom stereocenters. The topological polar surface area (TPSA) is 41.0 Å². The summed E-state index contributed by atoms with van der Waals surface area (Å²) >= 11 is 0. The van der Waals surface area contributed by atoms with Gasteiger partial charge in [0.25, 0.3) is 0 Å². The monoisotopic (exact) mass is 234 g/mol. The van der Waals surface area contributed by atoms with Gasteiger partial charge in [0, 0.05) is 25.1 Å². The molecule has 0 aromatic carbocycles. The maximum atomic E-state index is 4.41. The first kappa shape index (κ1) is 12.5. The lowest BCUT2D eigenvalue weighted by Crippen LogP contribution is -2.40. The minimum Gasteiger partial charge on any atom is -0.319 e. The van der Waals surface area contributed by atoms with Gasteiger partial charge in [0.05, 0.1) is 11.7 Å². The summed E-state index contributed by atoms with van der Waals surface area (Å²) in [7, 11) is 2.03. The highest BCUT2D eigenvalue weighted by Crippen LogP contribution is 2.24. The van der Waals surface area contributed by atoms with Crippen molar-refractivity contribution in [2.75, 3.05) is 26.7 Å². The minimum atomic E-state index is 0.378. The van der Waals surface area contributed by atoms with Gasteiger partial charge in [-0.1, -0.05) is 0 Å². The molecule has 1 aromatic heterocycles. The van der Waals surface area contributed by atoms with E-state index >= 15 is 0 Å². The molecule has 0 saturated carbocycles. The highest BCUT2D eigenvalue weighted by Gasteiger charge is 2.24. The van der Waals surface area contributed by atoms with Crippen LogP contribution in [-0.4, -0.2) is 41.5 Å². The first-order valence-electron chi connectivity index (χ1n) is 6.46. The summed E-state index contributed by atoms with van der Waals surface area (Å²) in [6.45, 7) is 5.69. The van der Waals surface area contributed by atoms with Crippen LogP contribution in [0.5, 0.6) is 0 Å². The van der Waals surface area contributed by atoms with Crippen LogP contribution in [0.25, 0.3) is 0 Å². The van der Waals surface area contributed by atoms with Crippen LogP contribution in [0.3, 0.4) is 0 Å². The van der Waals surface area contributed by atoms with Crippen LogP contribution in [0.15, 0.2) is 18.6 Å². The van der Waals surface area contributed by atoms with Crippen LogP contribution < -0.4 is 5.32 Å². The molecule has 1 aliphatic rings. The van der Waals surface area contributed by atoms with Gasteiger partial charge < -0.3 is 5.32 Å². The lowest BCUT2D eigenvalue weighted by molar-refractivity contribution is 0.129. The van der Waals surface area contributed by atoms with Crippen molar-refractivity contribution in [3.05, 3.63) is 24.3 Å². The van der Waals surface area contributed by atoms with Gasteiger partial charge in [0.1, 0.15) is 0 Å². The third-order valence-corrected chi connectivity index (χ3v) is 3.60. The Bertz CT molecular complexity index is 325. The van der Waals surface area contributed by atoms with Crippen LogP contribution in [-0.2, 0) is 0 Å². The molecule has 4 nitrogen and oxygen atoms in total. The number of nitrogens with zero attached hydrogens (tertiary/aromatic N) is 3. The van der Waals surface area contributed by atoms with E-state index in [0.29, 0.717) is 6.04 Å². The van der Waals surface area contributed by atoms with Gasteiger partial charge in [-0.25, -0.2) is 0 Å². The molecule has 1 aliphatic heterocycles. The molecule has 2 rings (SSSR count). The van der Waals surface area contributed by atoms with Gasteiger partial charge in [-0.2, -0.15) is 0 Å². The maximum absolute atomic E-state index is 4.41. The van der Waals surface area contributed by atoms with Crippen molar-refractivity contribution in [3.63, 3.8) is 0 Å². The number of nitrogens with one attached hydrogen (secondary N) is 1. The summed E-state index contributed by atoms with van der Waals surface area (Å²) in [5, 5.41) is 3.28. The number of hydrogen-bond acceptors (Lipinski definition) is 4. The van der Waals surface area contributed by atoms with Gasteiger partial charge in [0.15, 0.2) is 0 Å². The van der Waals surface area contributed by atoms with E-state index in [4.69, 9.17) is 0 Å². The fourth-order valence-corrected chi connectivity index (χ4v) is 2.62. The minimum absolute atomic E-state index is 0.378. The van der Waals surface area contributed by atoms with E-state index in [1.165, 1.54) is 25.9 Å². The smallest absolute Gasteiger partial charge is 0.0755 e. The summed E-state index contributed by atoms with van der Waals surface area (Å²) in [6.07, 6.45) is 8.02. The Labute approximate surface area is 103 Å². The molecular weight excluding hydrogens is 212 g/mol. The quantitative estimate of drug-likeness (QED) is 0.856. The number of aromatic nitrogens is 2. The van der Waals surface area contributed by atoms with Gasteiger partial charge in [-0.15, -0.1) is 0 Å². The van der Waals surface area contributed by atoms with E-state index < -0.39 is 0 Å². The van der Waals surface area contributed by atoms with Crippen molar-refractivity contribution < 1.29 is 0 Å². The molecule has 2 heterocycles. The predicted octanol–water partition coefficient (Wildman–Crippen LogP) is 1.47. The van der Waals surface area contributed by atoms with E-state index in [1.54, 1.807) is 12.4 Å². The zero-order chi connectivity index (χ0) is 12.1. The summed E-state index contributed by atoms with van der Waals surface area (Å²) in [5.41, 5.74) is 1.08. The molecule has 0 amide bonds. The van der Waals surface area contributed by atoms with Crippen molar-refractivity contribution >= 4 is 0 Å². The molecule has 94 valence electrons. The van der Waals surface area contributed by atoms with Crippen LogP contribution in [0, 0.1) is 5.92 Å². The Balaban J connectivity index is 1.97. The Kier molecular flexibility index (Phi) is 4.45. The summed E-state index contributed by atoms with van der Waals surface area (Å²) in [6, 6.07) is 0.378. The number of likely N-dealkylation sites (tertiary alicyclic amines) is 1. The fourth-order valence-electron chi connectivity index (χ4n) is 2.62. The van der Waals surface area contributed by atoms with Gasteiger partial charge >= 0.3 is 0 Å². The zero-order valence-corrected chi connectivity index (χ0v) is 10.8. The summed E-state index contributed by atoms with van der Waals surface area (Å²) in [4.78, 5) is 11.1. The van der Waals surface area contributed by atoms with Crippen molar-refractivity contribution in [2.45, 2.75) is 25.8 Å². The molecule has 0 bridgehead atoms. The van der Waals surface area contributed by atoms with E-state index in [1.807, 2.05) is 13.2 Å². The molecule has 2 unspecified atom stereocenters. The highest BCUT2D eigenvalue weighted by molar-refractivity contribution is 5.01. The Morgan fingerprint density at radius 2 is 2.41 bits per heavy atom. The average Bonchev–Trinajstić information content (AvgIpc) is 2.40. The standard InChI is InChI=1S/C13H22N4/c1-11(13-9-15-5-6-16-13)17-7-3-4-12(10-17)8-14-2/h5-6,9,11-12,14H,3-4,7-8,10H2,1-2H3. The van der Waals surface area contributed by atoms with Crippen molar-refractivity contribution in [1.29, 1.82) is 0 Å². The van der Waals surface area contributed by atoms with Crippen molar-refractivity contribution in [1.82, 2.24) is 20.2 Å². The maximum Gasteiger partial charge on any atom is 0.0755 e. The van der Waals surface area contributed by atoms with Gasteiger partial charge in [-0.05, 0) is 45.8 Å². The number of hydrogen-bond donors (Lipinski definition) is 1. The van der Waals surface area contributed by atoms with Crippen molar-refractivity contribution in [2.24, 2.45) is 5.92 Å². The molecule has 0 spiro atoms. The zero-order valence-electron chi connectivity index (χ0n) is 10.8. The Hall–Kier alpha value is -1.00. The van der Waals surface area contributed by atoms with E-state index in [2.05, 4.69) is 27.1 Å². The normalized spacial score (nSPS) is 23.5. The lowest BCUT2D eigenvalue weighted by Gasteiger charge is -2.36. The van der Waals surface area contributed by atoms with Gasteiger partial charge in [-0.3, -0.25) is 14.9 Å². The van der Waals surface area contributed by atoms with E-state index in [0.717, 1.165) is 18.2 Å². The molecule has 1 fully saturated rings. The number of rotatable bonds is 4. The summed E-state index contributed by atoms with van der Waals surface area (Å²) < 4.78 is 0. The fraction of sp³-hybridized carbons (Fsp3) is 0.692. The second-order valence-corrected chi connectivity index (χ2v) is 4.87. The highest BCUT2D eigenvalue weighted by atomic mass is 15.2. The number of piperidine rings is 1. The van der Waals surface area contributed by atoms with Crippen LogP contribution in [0.1, 0.15) is 31.5 Å². The molecule has 17 heavy (non-hydrogen) atoms. The predicted molar refractivity (Wildman–Crippen MR) is 68.7 cm³/mol. The van der Waals surface area contributed by atoms with E-state index in [9.17, 15) is 0 Å². The molecule has 1 N–H and O–H groups in total. The Morgan fingerprint density at radius 1 is 1.53 bits per heavy atom. The van der Waals surface area contributed by atoms with Crippen molar-refractivity contribution in [3.8, 4) is 0 Å². The van der Waals surface area contributed by atoms with E-state index in [-0.39, 0.29) is 0 Å². The lowest BCUT2D eigenvalue weighted by atomic mass is 9.96. The molecule has 0 aliphatic carbocycles. The SMILES string of the molecule is CNCC1CCCN(C(C)c2cnccn2)C1. The summed E-state index contributed by atoms with van der Waals surface area (Å²) in [5.74, 6) is 0.771. The second-order valence-electron chi connectivity index (χ2n) is 4.87. The molecule has 0 radical (unpaired) electrons. The average molecular weight is 234 g/mol. The third-order valence-electron chi connectivity index (χ3n) is 3.60. The van der Waals surface area contributed by atoms with Crippen LogP contribution >= 0.6 is 0 Å². The molecule has 4 heteroatoms. The largest absolute Gasteiger partial charge is 0.319 e. The molecule has 1 saturated heterocycles. The van der Waals surface area contributed by atoms with Crippen LogP contribution in [0.4, 0.5) is 0 Å². The Morgan fingerprint density at radius 3 is 3.12 bits per heavy atom. The van der Waals surface area contributed by atoms with Gasteiger partial charge in [0.2, 0.25) is 0 Å². The molecule has 1 aromatic rings. The second kappa shape index (κ2) is 6.07.